The van der Waals surface area contributed by atoms with Crippen LogP contribution in [0.15, 0.2) is 119 Å². The molecule has 10 heteroatoms. The number of pyridine rings is 2. The van der Waals surface area contributed by atoms with Crippen molar-refractivity contribution in [3.8, 4) is 5.82 Å². The Morgan fingerprint density at radius 1 is 0.925 bits per heavy atom. The van der Waals surface area contributed by atoms with Gasteiger partial charge in [0, 0.05) is 51.9 Å². The van der Waals surface area contributed by atoms with Crippen molar-refractivity contribution in [1.29, 1.82) is 0 Å². The zero-order chi connectivity index (χ0) is 27.6. The van der Waals surface area contributed by atoms with Gasteiger partial charge >= 0.3 is 0 Å². The molecule has 5 aromatic rings. The SMILES string of the molecule is Cc1ccc(-n2cccc2[C@H]2[C@@H](c3ccccn3)NC(=S)N2c2ccc(Sc3ccc([N+](=O)[O-])cc3)cc2)nc1. The van der Waals surface area contributed by atoms with Gasteiger partial charge in [-0.1, -0.05) is 23.9 Å². The Morgan fingerprint density at radius 2 is 1.68 bits per heavy atom. The van der Waals surface area contributed by atoms with E-state index in [4.69, 9.17) is 12.2 Å². The Balaban J connectivity index is 1.35. The molecule has 40 heavy (non-hydrogen) atoms. The van der Waals surface area contributed by atoms with Crippen LogP contribution in [0.3, 0.4) is 0 Å². The molecule has 2 aromatic carbocycles. The molecule has 6 rings (SSSR count). The smallest absolute Gasteiger partial charge is 0.269 e. The molecule has 0 aliphatic carbocycles. The lowest BCUT2D eigenvalue weighted by Gasteiger charge is -2.29. The van der Waals surface area contributed by atoms with Gasteiger partial charge in [-0.2, -0.15) is 0 Å². The van der Waals surface area contributed by atoms with Crippen molar-refractivity contribution in [2.75, 3.05) is 4.90 Å². The fraction of sp³-hybridized carbons (Fsp3) is 0.100. The summed E-state index contributed by atoms with van der Waals surface area (Å²) in [6.07, 6.45) is 5.68. The summed E-state index contributed by atoms with van der Waals surface area (Å²) in [5.41, 5.74) is 4.05. The van der Waals surface area contributed by atoms with Gasteiger partial charge in [0.15, 0.2) is 5.11 Å². The van der Waals surface area contributed by atoms with Crippen LogP contribution in [0, 0.1) is 17.0 Å². The number of hydrogen-bond acceptors (Lipinski definition) is 6. The lowest BCUT2D eigenvalue weighted by atomic mass is 10.0. The molecule has 0 spiro atoms. The maximum atomic E-state index is 11.0. The number of non-ortho nitro benzene ring substituents is 1. The fourth-order valence-corrected chi connectivity index (χ4v) is 5.99. The monoisotopic (exact) mass is 564 g/mol. The van der Waals surface area contributed by atoms with Crippen LogP contribution in [0.1, 0.15) is 29.0 Å². The molecule has 1 aliphatic heterocycles. The van der Waals surface area contributed by atoms with Crippen LogP contribution in [0.4, 0.5) is 11.4 Å². The molecule has 0 saturated carbocycles. The van der Waals surface area contributed by atoms with E-state index in [9.17, 15) is 10.1 Å². The molecule has 1 aliphatic rings. The highest BCUT2D eigenvalue weighted by Gasteiger charge is 2.42. The molecule has 4 heterocycles. The Kier molecular flexibility index (Phi) is 7.02. The molecular formula is C30H24N6O2S2. The number of aromatic nitrogens is 3. The van der Waals surface area contributed by atoms with Crippen molar-refractivity contribution in [1.82, 2.24) is 19.9 Å². The molecule has 0 bridgehead atoms. The van der Waals surface area contributed by atoms with Gasteiger partial charge in [-0.3, -0.25) is 15.1 Å². The average molecular weight is 565 g/mol. The highest BCUT2D eigenvalue weighted by Crippen LogP contribution is 2.42. The number of nitrogens with zero attached hydrogens (tertiary/aromatic N) is 5. The van der Waals surface area contributed by atoms with E-state index in [0.717, 1.165) is 38.2 Å². The van der Waals surface area contributed by atoms with E-state index in [1.165, 1.54) is 12.1 Å². The average Bonchev–Trinajstić information content (AvgIpc) is 3.59. The first-order chi connectivity index (χ1) is 19.5. The number of anilines is 1. The van der Waals surface area contributed by atoms with E-state index in [-0.39, 0.29) is 17.8 Å². The van der Waals surface area contributed by atoms with Gasteiger partial charge in [0.1, 0.15) is 11.9 Å². The molecule has 8 nitrogen and oxygen atoms in total. The Morgan fingerprint density at radius 3 is 2.33 bits per heavy atom. The Labute approximate surface area is 240 Å². The van der Waals surface area contributed by atoms with Gasteiger partial charge in [0.25, 0.3) is 5.69 Å². The number of nitro benzene ring substituents is 1. The third-order valence-corrected chi connectivity index (χ3v) is 8.05. The molecule has 1 saturated heterocycles. The van der Waals surface area contributed by atoms with E-state index in [1.807, 2.05) is 73.9 Å². The molecule has 2 atom stereocenters. The van der Waals surface area contributed by atoms with E-state index in [2.05, 4.69) is 36.9 Å². The van der Waals surface area contributed by atoms with Gasteiger partial charge in [-0.05, 0) is 91.4 Å². The summed E-state index contributed by atoms with van der Waals surface area (Å²) >= 11 is 7.45. The van der Waals surface area contributed by atoms with Crippen LogP contribution in [0.5, 0.6) is 0 Å². The second-order valence-corrected chi connectivity index (χ2v) is 10.9. The number of nitro groups is 1. The predicted molar refractivity (Wildman–Crippen MR) is 160 cm³/mol. The van der Waals surface area contributed by atoms with Crippen molar-refractivity contribution < 1.29 is 4.92 Å². The number of rotatable bonds is 7. The highest BCUT2D eigenvalue weighted by molar-refractivity contribution is 7.99. The van der Waals surface area contributed by atoms with Crippen LogP contribution in [0.2, 0.25) is 0 Å². The van der Waals surface area contributed by atoms with Gasteiger partial charge in [-0.15, -0.1) is 0 Å². The van der Waals surface area contributed by atoms with Crippen molar-refractivity contribution in [3.05, 3.63) is 137 Å². The summed E-state index contributed by atoms with van der Waals surface area (Å²) in [7, 11) is 0. The molecule has 0 radical (unpaired) electrons. The van der Waals surface area contributed by atoms with Crippen LogP contribution < -0.4 is 10.2 Å². The molecular weight excluding hydrogens is 541 g/mol. The quantitative estimate of drug-likeness (QED) is 0.131. The van der Waals surface area contributed by atoms with E-state index in [1.54, 1.807) is 30.1 Å². The minimum absolute atomic E-state index is 0.0776. The largest absolute Gasteiger partial charge is 0.351 e. The molecule has 0 unspecified atom stereocenters. The third kappa shape index (κ3) is 5.06. The predicted octanol–water partition coefficient (Wildman–Crippen LogP) is 6.81. The summed E-state index contributed by atoms with van der Waals surface area (Å²) in [4.78, 5) is 24.0. The summed E-state index contributed by atoms with van der Waals surface area (Å²) in [5, 5.41) is 15.1. The standard InChI is InChI=1S/C30H24N6O2S2/c1-20-7-16-27(32-19-20)34-18-4-6-26(34)29-28(25-5-2-3-17-31-25)33-30(39)35(29)21-8-12-23(13-9-21)40-24-14-10-22(11-15-24)36(37)38/h2-19,28-29H,1H3,(H,33,39)/t28-,29+/m1/s1. The Bertz CT molecular complexity index is 1660. The summed E-state index contributed by atoms with van der Waals surface area (Å²) < 4.78 is 2.10. The van der Waals surface area contributed by atoms with Crippen LogP contribution in [-0.4, -0.2) is 24.6 Å². The van der Waals surface area contributed by atoms with Crippen molar-refractivity contribution in [3.63, 3.8) is 0 Å². The topological polar surface area (TPSA) is 89.1 Å². The highest BCUT2D eigenvalue weighted by atomic mass is 32.2. The normalized spacial score (nSPS) is 16.6. The third-order valence-electron chi connectivity index (χ3n) is 6.72. The number of hydrogen-bond donors (Lipinski definition) is 1. The van der Waals surface area contributed by atoms with Crippen molar-refractivity contribution >= 4 is 40.5 Å². The summed E-state index contributed by atoms with van der Waals surface area (Å²) in [6.45, 7) is 2.02. The van der Waals surface area contributed by atoms with Gasteiger partial charge in [0.05, 0.1) is 16.7 Å². The van der Waals surface area contributed by atoms with Crippen LogP contribution >= 0.6 is 24.0 Å². The number of aryl methyl sites for hydroxylation is 1. The first-order valence-corrected chi connectivity index (χ1v) is 13.8. The summed E-state index contributed by atoms with van der Waals surface area (Å²) in [6, 6.07) is 28.5. The zero-order valence-electron chi connectivity index (χ0n) is 21.4. The van der Waals surface area contributed by atoms with Gasteiger partial charge < -0.3 is 14.8 Å². The van der Waals surface area contributed by atoms with E-state index in [0.29, 0.717) is 5.11 Å². The second-order valence-electron chi connectivity index (χ2n) is 9.34. The van der Waals surface area contributed by atoms with Gasteiger partial charge in [0.2, 0.25) is 0 Å². The minimum Gasteiger partial charge on any atom is -0.351 e. The van der Waals surface area contributed by atoms with E-state index < -0.39 is 4.92 Å². The zero-order valence-corrected chi connectivity index (χ0v) is 23.0. The first-order valence-electron chi connectivity index (χ1n) is 12.6. The molecule has 3 aromatic heterocycles. The molecule has 198 valence electrons. The number of nitrogens with one attached hydrogen (secondary N) is 1. The molecule has 1 N–H and O–H groups in total. The van der Waals surface area contributed by atoms with Crippen LogP contribution in [0.25, 0.3) is 5.82 Å². The first kappa shape index (κ1) is 25.7. The van der Waals surface area contributed by atoms with E-state index >= 15 is 0 Å². The number of benzene rings is 2. The lowest BCUT2D eigenvalue weighted by Crippen LogP contribution is -2.30. The number of thiocarbonyl (C=S) groups is 1. The maximum absolute atomic E-state index is 11.0. The minimum atomic E-state index is -0.393. The molecule has 0 amide bonds. The van der Waals surface area contributed by atoms with Crippen LogP contribution in [-0.2, 0) is 0 Å². The maximum Gasteiger partial charge on any atom is 0.269 e. The lowest BCUT2D eigenvalue weighted by molar-refractivity contribution is -0.384. The Hall–Kier alpha value is -4.54. The molecule has 1 fully saturated rings. The van der Waals surface area contributed by atoms with Crippen molar-refractivity contribution in [2.45, 2.75) is 28.8 Å². The van der Waals surface area contributed by atoms with Crippen molar-refractivity contribution in [2.24, 2.45) is 0 Å². The second kappa shape index (κ2) is 10.9. The fourth-order valence-electron chi connectivity index (χ4n) is 4.83. The summed E-state index contributed by atoms with van der Waals surface area (Å²) in [5.74, 6) is 0.831. The van der Waals surface area contributed by atoms with Gasteiger partial charge in [-0.25, -0.2) is 4.98 Å².